The van der Waals surface area contributed by atoms with E-state index in [1.54, 1.807) is 0 Å². The van der Waals surface area contributed by atoms with Crippen molar-refractivity contribution in [2.75, 3.05) is 0 Å². The number of hydrogen-bond acceptors (Lipinski definition) is 2. The Hall–Kier alpha value is -7.10. The average molecular weight is 695 g/mol. The van der Waals surface area contributed by atoms with Crippen molar-refractivity contribution in [3.8, 4) is 66.8 Å². The molecule has 0 spiro atoms. The molecule has 1 aliphatic carbocycles. The van der Waals surface area contributed by atoms with Gasteiger partial charge in [0.1, 0.15) is 0 Å². The van der Waals surface area contributed by atoms with Gasteiger partial charge in [-0.2, -0.15) is 0 Å². The molecule has 12 rings (SSSR count). The van der Waals surface area contributed by atoms with E-state index in [-0.39, 0.29) is 6.71 Å². The Labute approximate surface area is 319 Å². The maximum Gasteiger partial charge on any atom is 0.243 e. The van der Waals surface area contributed by atoms with Gasteiger partial charge in [-0.1, -0.05) is 174 Å². The summed E-state index contributed by atoms with van der Waals surface area (Å²) < 4.78 is 0. The third-order valence-corrected chi connectivity index (χ3v) is 12.0. The third-order valence-electron chi connectivity index (χ3n) is 12.0. The van der Waals surface area contributed by atoms with E-state index >= 15 is 0 Å². The van der Waals surface area contributed by atoms with Crippen molar-refractivity contribution in [2.45, 2.75) is 0 Å². The van der Waals surface area contributed by atoms with Gasteiger partial charge in [-0.25, -0.2) is 0 Å². The van der Waals surface area contributed by atoms with Gasteiger partial charge in [0.2, 0.25) is 6.71 Å². The molecular formula is C52H31BN2. The zero-order valence-corrected chi connectivity index (χ0v) is 29.9. The smallest absolute Gasteiger partial charge is 0.243 e. The second kappa shape index (κ2) is 11.7. The first-order chi connectivity index (χ1) is 27.3. The molecule has 1 aliphatic heterocycles. The fourth-order valence-corrected chi connectivity index (χ4v) is 9.68. The highest BCUT2D eigenvalue weighted by Crippen LogP contribution is 2.48. The van der Waals surface area contributed by atoms with Crippen LogP contribution in [0.5, 0.6) is 0 Å². The van der Waals surface area contributed by atoms with E-state index in [4.69, 9.17) is 9.97 Å². The molecule has 0 saturated carbocycles. The van der Waals surface area contributed by atoms with Gasteiger partial charge in [0.25, 0.3) is 0 Å². The van der Waals surface area contributed by atoms with Crippen LogP contribution < -0.4 is 16.4 Å². The van der Waals surface area contributed by atoms with Gasteiger partial charge in [-0.05, 0) is 95.7 Å². The highest BCUT2D eigenvalue weighted by atomic mass is 14.7. The zero-order valence-electron chi connectivity index (χ0n) is 29.9. The predicted octanol–water partition coefficient (Wildman–Crippen LogP) is 11.1. The molecule has 2 aromatic heterocycles. The molecule has 252 valence electrons. The largest absolute Gasteiger partial charge is 0.254 e. The number of aromatic nitrogens is 2. The van der Waals surface area contributed by atoms with Crippen LogP contribution in [0.4, 0.5) is 0 Å². The fourth-order valence-electron chi connectivity index (χ4n) is 9.68. The van der Waals surface area contributed by atoms with E-state index in [0.717, 1.165) is 21.8 Å². The SMILES string of the molecule is c1ccc2c(c1)B(c1ccc(-c3ccc4c(c3)-c3ccccc3-c3ccccc3-c3ccccc3-4)cc1)c1c-2ccc2c3cccnc3c3ncccc3c12. The highest BCUT2D eigenvalue weighted by Gasteiger charge is 2.35. The van der Waals surface area contributed by atoms with Crippen molar-refractivity contribution < 1.29 is 0 Å². The summed E-state index contributed by atoms with van der Waals surface area (Å²) in [5.74, 6) is 0. The number of pyridine rings is 2. The summed E-state index contributed by atoms with van der Waals surface area (Å²) in [4.78, 5) is 9.71. The van der Waals surface area contributed by atoms with Gasteiger partial charge < -0.3 is 0 Å². The van der Waals surface area contributed by atoms with Crippen molar-refractivity contribution >= 4 is 55.7 Å². The van der Waals surface area contributed by atoms with Gasteiger partial charge in [0.15, 0.2) is 0 Å². The molecule has 0 bridgehead atoms. The van der Waals surface area contributed by atoms with E-state index in [9.17, 15) is 0 Å². The zero-order chi connectivity index (χ0) is 36.0. The van der Waals surface area contributed by atoms with Crippen molar-refractivity contribution in [1.82, 2.24) is 9.97 Å². The summed E-state index contributed by atoms with van der Waals surface area (Å²) in [7, 11) is 0. The molecule has 3 heterocycles. The van der Waals surface area contributed by atoms with Crippen LogP contribution in [0.15, 0.2) is 188 Å². The molecule has 0 fully saturated rings. The van der Waals surface area contributed by atoms with Crippen LogP contribution >= 0.6 is 0 Å². The Morgan fingerprint density at radius 2 is 0.818 bits per heavy atom. The summed E-state index contributed by atoms with van der Waals surface area (Å²) in [5.41, 5.74) is 21.0. The van der Waals surface area contributed by atoms with Gasteiger partial charge in [0.05, 0.1) is 11.0 Å². The monoisotopic (exact) mass is 694 g/mol. The van der Waals surface area contributed by atoms with Gasteiger partial charge >= 0.3 is 0 Å². The lowest BCUT2D eigenvalue weighted by Crippen LogP contribution is -2.49. The molecule has 0 N–H and O–H groups in total. The lowest BCUT2D eigenvalue weighted by atomic mass is 9.38. The van der Waals surface area contributed by atoms with E-state index in [0.29, 0.717) is 0 Å². The number of rotatable bonds is 2. The summed E-state index contributed by atoms with van der Waals surface area (Å²) in [6.45, 7) is 0.0840. The molecule has 0 radical (unpaired) electrons. The molecule has 3 heteroatoms. The summed E-state index contributed by atoms with van der Waals surface area (Å²) in [6.07, 6.45) is 3.76. The topological polar surface area (TPSA) is 25.8 Å². The minimum absolute atomic E-state index is 0.0840. The van der Waals surface area contributed by atoms with Crippen molar-refractivity contribution in [2.24, 2.45) is 0 Å². The summed E-state index contributed by atoms with van der Waals surface area (Å²) >= 11 is 0. The van der Waals surface area contributed by atoms with Crippen molar-refractivity contribution in [3.05, 3.63) is 188 Å². The van der Waals surface area contributed by atoms with E-state index in [1.165, 1.54) is 93.9 Å². The summed E-state index contributed by atoms with van der Waals surface area (Å²) in [6, 6.07) is 65.0. The molecule has 0 saturated heterocycles. The maximum atomic E-state index is 4.89. The Morgan fingerprint density at radius 3 is 1.45 bits per heavy atom. The maximum absolute atomic E-state index is 4.89. The van der Waals surface area contributed by atoms with Crippen LogP contribution in [0, 0.1) is 0 Å². The number of nitrogens with zero attached hydrogens (tertiary/aromatic N) is 2. The van der Waals surface area contributed by atoms with Crippen LogP contribution in [0.25, 0.3) is 99.3 Å². The van der Waals surface area contributed by atoms with Crippen molar-refractivity contribution in [1.29, 1.82) is 0 Å². The molecule has 8 aromatic carbocycles. The van der Waals surface area contributed by atoms with Crippen LogP contribution in [0.1, 0.15) is 0 Å². The van der Waals surface area contributed by atoms with E-state index in [2.05, 4.69) is 170 Å². The molecular weight excluding hydrogens is 663 g/mol. The number of benzene rings is 8. The normalized spacial score (nSPS) is 12.3. The Bertz CT molecular complexity index is 3180. The average Bonchev–Trinajstić information content (AvgIpc) is 3.60. The van der Waals surface area contributed by atoms with Crippen LogP contribution in [-0.2, 0) is 0 Å². The quantitative estimate of drug-likeness (QED) is 0.133. The Morgan fingerprint density at radius 1 is 0.327 bits per heavy atom. The van der Waals surface area contributed by atoms with E-state index < -0.39 is 0 Å². The first-order valence-electron chi connectivity index (χ1n) is 19.0. The van der Waals surface area contributed by atoms with Crippen molar-refractivity contribution in [3.63, 3.8) is 0 Å². The van der Waals surface area contributed by atoms with Crippen LogP contribution in [0.3, 0.4) is 0 Å². The third kappa shape index (κ3) is 4.38. The fraction of sp³-hybridized carbons (Fsp3) is 0. The number of fused-ring (bicyclic) bond motifs is 18. The second-order valence-electron chi connectivity index (χ2n) is 14.8. The minimum Gasteiger partial charge on any atom is -0.254 e. The molecule has 0 unspecified atom stereocenters. The molecule has 55 heavy (non-hydrogen) atoms. The molecule has 2 nitrogen and oxygen atoms in total. The predicted molar refractivity (Wildman–Crippen MR) is 232 cm³/mol. The first-order valence-corrected chi connectivity index (χ1v) is 19.0. The lowest BCUT2D eigenvalue weighted by Gasteiger charge is -2.23. The van der Waals surface area contributed by atoms with Gasteiger partial charge in [-0.15, -0.1) is 0 Å². The standard InChI is InChI=1S/C52H31BN2/c1-2-12-36-35(11-1)37-13-3-4-15-39(37)41-26-23-33(31-47(41)40-16-6-5-14-38(36)40)32-21-24-34(25-22-32)53-48-20-8-7-17-42(48)44-28-27-43-45-18-9-29-54-51(45)52-46(19-10-30-55-52)49(43)50(44)53/h1-31H. The van der Waals surface area contributed by atoms with Gasteiger partial charge in [0, 0.05) is 23.2 Å². The Kier molecular flexibility index (Phi) is 6.46. The Balaban J connectivity index is 1.04. The first kappa shape index (κ1) is 30.4. The number of hydrogen-bond donors (Lipinski definition) is 0. The molecule has 10 aromatic rings. The molecule has 0 atom stereocenters. The highest BCUT2D eigenvalue weighted by molar-refractivity contribution is 7.00. The van der Waals surface area contributed by atoms with E-state index in [1.807, 2.05) is 18.5 Å². The molecule has 2 aliphatic rings. The second-order valence-corrected chi connectivity index (χ2v) is 14.8. The molecule has 0 amide bonds. The van der Waals surface area contributed by atoms with Crippen LogP contribution in [-0.4, -0.2) is 16.7 Å². The van der Waals surface area contributed by atoms with Gasteiger partial charge in [-0.3, -0.25) is 9.97 Å². The summed E-state index contributed by atoms with van der Waals surface area (Å²) in [5, 5.41) is 4.79. The lowest BCUT2D eigenvalue weighted by molar-refractivity contribution is 1.38. The minimum atomic E-state index is 0.0840. The van der Waals surface area contributed by atoms with Crippen LogP contribution in [0.2, 0.25) is 0 Å².